The van der Waals surface area contributed by atoms with Crippen LogP contribution >= 0.6 is 0 Å². The highest BCUT2D eigenvalue weighted by Crippen LogP contribution is 2.36. The minimum atomic E-state index is 0.524. The molecule has 0 bridgehead atoms. The quantitative estimate of drug-likeness (QED) is 0.869. The molecule has 0 amide bonds. The lowest BCUT2D eigenvalue weighted by Crippen LogP contribution is -2.23. The molecule has 1 aliphatic heterocycles. The van der Waals surface area contributed by atoms with Gasteiger partial charge in [0.05, 0.1) is 21.3 Å². The fraction of sp³-hybridized carbons (Fsp3) is 0.571. The van der Waals surface area contributed by atoms with Gasteiger partial charge in [0.25, 0.3) is 0 Å². The lowest BCUT2D eigenvalue weighted by atomic mass is 10.0. The Kier molecular flexibility index (Phi) is 4.31. The van der Waals surface area contributed by atoms with Crippen molar-refractivity contribution in [2.75, 3.05) is 27.9 Å². The lowest BCUT2D eigenvalue weighted by molar-refractivity contribution is 0.344. The van der Waals surface area contributed by atoms with Gasteiger partial charge in [0, 0.05) is 17.7 Å². The van der Waals surface area contributed by atoms with E-state index in [1.54, 1.807) is 21.3 Å². The summed E-state index contributed by atoms with van der Waals surface area (Å²) in [5.74, 6) is 2.34. The Morgan fingerprint density at radius 2 is 2.00 bits per heavy atom. The van der Waals surface area contributed by atoms with E-state index in [4.69, 9.17) is 14.2 Å². The van der Waals surface area contributed by atoms with Crippen LogP contribution in [0.4, 0.5) is 0 Å². The van der Waals surface area contributed by atoms with Gasteiger partial charge >= 0.3 is 0 Å². The summed E-state index contributed by atoms with van der Waals surface area (Å²) in [4.78, 5) is 0. The van der Waals surface area contributed by atoms with Crippen LogP contribution in [0.2, 0.25) is 0 Å². The van der Waals surface area contributed by atoms with E-state index in [-0.39, 0.29) is 0 Å². The van der Waals surface area contributed by atoms with Crippen molar-refractivity contribution in [1.82, 2.24) is 5.32 Å². The van der Waals surface area contributed by atoms with Crippen molar-refractivity contribution in [3.63, 3.8) is 0 Å². The summed E-state index contributed by atoms with van der Waals surface area (Å²) in [5.41, 5.74) is 1.13. The lowest BCUT2D eigenvalue weighted by Gasteiger charge is -2.17. The highest BCUT2D eigenvalue weighted by Gasteiger charge is 2.19. The molecule has 1 saturated heterocycles. The minimum absolute atomic E-state index is 0.524. The maximum atomic E-state index is 5.47. The van der Waals surface area contributed by atoms with E-state index in [0.717, 1.165) is 35.8 Å². The summed E-state index contributed by atoms with van der Waals surface area (Å²) in [6.45, 7) is 1.11. The van der Waals surface area contributed by atoms with Gasteiger partial charge in [-0.25, -0.2) is 0 Å². The number of nitrogens with one attached hydrogen (secondary N) is 1. The first kappa shape index (κ1) is 13.0. The van der Waals surface area contributed by atoms with Crippen molar-refractivity contribution >= 4 is 0 Å². The largest absolute Gasteiger partial charge is 0.497 e. The molecule has 4 nitrogen and oxygen atoms in total. The molecule has 1 heterocycles. The number of benzene rings is 1. The van der Waals surface area contributed by atoms with Gasteiger partial charge in [-0.1, -0.05) is 0 Å². The molecule has 1 atom stereocenters. The fourth-order valence-electron chi connectivity index (χ4n) is 2.48. The van der Waals surface area contributed by atoms with E-state index in [0.29, 0.717) is 6.04 Å². The van der Waals surface area contributed by atoms with Crippen LogP contribution in [-0.2, 0) is 6.42 Å². The molecular weight excluding hydrogens is 230 g/mol. The molecule has 0 radical (unpaired) electrons. The smallest absolute Gasteiger partial charge is 0.164 e. The molecule has 2 rings (SSSR count). The molecule has 1 N–H and O–H groups in total. The average molecular weight is 251 g/mol. The maximum absolute atomic E-state index is 5.47. The van der Waals surface area contributed by atoms with Gasteiger partial charge in [0.2, 0.25) is 0 Å². The number of ether oxygens (including phenoxy) is 3. The zero-order valence-corrected chi connectivity index (χ0v) is 11.3. The number of rotatable bonds is 5. The minimum Gasteiger partial charge on any atom is -0.497 e. The Bertz CT molecular complexity index is 400. The molecule has 0 saturated carbocycles. The molecule has 100 valence electrons. The van der Waals surface area contributed by atoms with Crippen LogP contribution < -0.4 is 19.5 Å². The molecule has 18 heavy (non-hydrogen) atoms. The molecule has 1 aromatic rings. The van der Waals surface area contributed by atoms with Crippen molar-refractivity contribution in [2.45, 2.75) is 25.3 Å². The normalized spacial score (nSPS) is 18.7. The van der Waals surface area contributed by atoms with Crippen LogP contribution in [-0.4, -0.2) is 33.9 Å². The van der Waals surface area contributed by atoms with Gasteiger partial charge in [0.15, 0.2) is 11.5 Å². The SMILES string of the molecule is COc1cc(CC2CCCN2)c(OC)c(OC)c1. The van der Waals surface area contributed by atoms with E-state index in [9.17, 15) is 0 Å². The van der Waals surface area contributed by atoms with E-state index < -0.39 is 0 Å². The predicted molar refractivity (Wildman–Crippen MR) is 70.8 cm³/mol. The molecule has 1 fully saturated rings. The fourth-order valence-corrected chi connectivity index (χ4v) is 2.48. The second-order valence-corrected chi connectivity index (χ2v) is 4.52. The summed E-state index contributed by atoms with van der Waals surface area (Å²) in [6, 6.07) is 4.40. The standard InChI is InChI=1S/C14H21NO3/c1-16-12-8-10(7-11-5-4-6-15-11)14(18-3)13(9-12)17-2/h8-9,11,15H,4-7H2,1-3H3. The predicted octanol–water partition coefficient (Wildman–Crippen LogP) is 2.01. The van der Waals surface area contributed by atoms with Crippen molar-refractivity contribution in [1.29, 1.82) is 0 Å². The van der Waals surface area contributed by atoms with Crippen LogP contribution in [0.25, 0.3) is 0 Å². The first-order valence-corrected chi connectivity index (χ1v) is 6.30. The monoisotopic (exact) mass is 251 g/mol. The van der Waals surface area contributed by atoms with Gasteiger partial charge in [-0.3, -0.25) is 0 Å². The topological polar surface area (TPSA) is 39.7 Å². The van der Waals surface area contributed by atoms with Gasteiger partial charge in [0.1, 0.15) is 5.75 Å². The Morgan fingerprint density at radius 3 is 2.56 bits per heavy atom. The zero-order chi connectivity index (χ0) is 13.0. The van der Waals surface area contributed by atoms with Crippen molar-refractivity contribution < 1.29 is 14.2 Å². The molecule has 4 heteroatoms. The zero-order valence-electron chi connectivity index (χ0n) is 11.3. The van der Waals surface area contributed by atoms with Crippen molar-refractivity contribution in [3.8, 4) is 17.2 Å². The van der Waals surface area contributed by atoms with Gasteiger partial charge in [-0.15, -0.1) is 0 Å². The molecular formula is C14H21NO3. The van der Waals surface area contributed by atoms with E-state index >= 15 is 0 Å². The van der Waals surface area contributed by atoms with Crippen molar-refractivity contribution in [2.24, 2.45) is 0 Å². The number of methoxy groups -OCH3 is 3. The number of hydrogen-bond donors (Lipinski definition) is 1. The summed E-state index contributed by atoms with van der Waals surface area (Å²) in [5, 5.41) is 3.49. The molecule has 0 aliphatic carbocycles. The summed E-state index contributed by atoms with van der Waals surface area (Å²) >= 11 is 0. The first-order valence-electron chi connectivity index (χ1n) is 6.30. The summed E-state index contributed by atoms with van der Waals surface area (Å²) in [6.07, 6.45) is 3.40. The van der Waals surface area contributed by atoms with Crippen LogP contribution in [0.3, 0.4) is 0 Å². The van der Waals surface area contributed by atoms with Crippen LogP contribution in [0.1, 0.15) is 18.4 Å². The van der Waals surface area contributed by atoms with Gasteiger partial charge < -0.3 is 19.5 Å². The molecule has 0 aromatic heterocycles. The molecule has 1 aliphatic rings. The molecule has 1 unspecified atom stereocenters. The molecule has 1 aromatic carbocycles. The Labute approximate surface area is 108 Å². The molecule has 0 spiro atoms. The third-order valence-corrected chi connectivity index (χ3v) is 3.39. The second-order valence-electron chi connectivity index (χ2n) is 4.52. The van der Waals surface area contributed by atoms with E-state index in [2.05, 4.69) is 5.32 Å². The van der Waals surface area contributed by atoms with Crippen LogP contribution in [0.5, 0.6) is 17.2 Å². The maximum Gasteiger partial charge on any atom is 0.164 e. The summed E-state index contributed by atoms with van der Waals surface area (Å²) in [7, 11) is 4.99. The van der Waals surface area contributed by atoms with E-state index in [1.165, 1.54) is 12.8 Å². The van der Waals surface area contributed by atoms with E-state index in [1.807, 2.05) is 12.1 Å². The second kappa shape index (κ2) is 5.96. The average Bonchev–Trinajstić information content (AvgIpc) is 2.90. The van der Waals surface area contributed by atoms with Crippen LogP contribution in [0.15, 0.2) is 12.1 Å². The van der Waals surface area contributed by atoms with Crippen molar-refractivity contribution in [3.05, 3.63) is 17.7 Å². The van der Waals surface area contributed by atoms with Crippen LogP contribution in [0, 0.1) is 0 Å². The number of hydrogen-bond acceptors (Lipinski definition) is 4. The Balaban J connectivity index is 2.29. The Morgan fingerprint density at radius 1 is 1.17 bits per heavy atom. The highest BCUT2D eigenvalue weighted by atomic mass is 16.5. The summed E-state index contributed by atoms with van der Waals surface area (Å²) < 4.78 is 16.1. The third kappa shape index (κ3) is 2.70. The highest BCUT2D eigenvalue weighted by molar-refractivity contribution is 5.52. The first-order chi connectivity index (χ1) is 8.78. The van der Waals surface area contributed by atoms with Gasteiger partial charge in [-0.2, -0.15) is 0 Å². The van der Waals surface area contributed by atoms with Gasteiger partial charge in [-0.05, 0) is 31.9 Å². The third-order valence-electron chi connectivity index (χ3n) is 3.39. The Hall–Kier alpha value is -1.42.